The Morgan fingerprint density at radius 2 is 0.868 bits per heavy atom. The topological polar surface area (TPSA) is 26.3 Å². The van der Waals surface area contributed by atoms with Crippen LogP contribution in [0.3, 0.4) is 0 Å². The molecule has 2 nitrogen and oxygen atoms in total. The Morgan fingerprint density at radius 3 is 1.16 bits per heavy atom. The molecular weight excluding hydrogens is 464 g/mol. The Kier molecular flexibility index (Phi) is 8.60. The van der Waals surface area contributed by atoms with Gasteiger partial charge in [-0.2, -0.15) is 0 Å². The molecule has 0 heterocycles. The molecule has 4 rings (SSSR count). The molecule has 0 bridgehead atoms. The summed E-state index contributed by atoms with van der Waals surface area (Å²) in [7, 11) is 0. The summed E-state index contributed by atoms with van der Waals surface area (Å²) in [6.45, 7) is 7.34. The van der Waals surface area contributed by atoms with Gasteiger partial charge in [-0.05, 0) is 104 Å². The number of rotatable bonds is 3. The summed E-state index contributed by atoms with van der Waals surface area (Å²) in [4.78, 5) is 11.6. The number of hydrogen-bond donors (Lipinski definition) is 0. The van der Waals surface area contributed by atoms with Gasteiger partial charge in [0.05, 0.1) is 0 Å². The SMILES string of the molecule is C=C(C)C(=O)Oc1ccc(C#Cc2ccc(C#Cc3ccc(C#Cc4ccc(CC)cc4)cc3)cc2)cc1. The van der Waals surface area contributed by atoms with Crippen LogP contribution < -0.4 is 4.74 Å². The van der Waals surface area contributed by atoms with E-state index < -0.39 is 5.97 Å². The predicted octanol–water partition coefficient (Wildman–Crippen LogP) is 6.93. The van der Waals surface area contributed by atoms with Crippen molar-refractivity contribution in [2.45, 2.75) is 20.3 Å². The van der Waals surface area contributed by atoms with Gasteiger partial charge in [0.2, 0.25) is 0 Å². The second-order valence-corrected chi connectivity index (χ2v) is 8.65. The quantitative estimate of drug-likeness (QED) is 0.135. The van der Waals surface area contributed by atoms with Crippen LogP contribution in [0.4, 0.5) is 0 Å². The molecule has 0 fully saturated rings. The van der Waals surface area contributed by atoms with Crippen LogP contribution >= 0.6 is 0 Å². The fourth-order valence-corrected chi connectivity index (χ4v) is 3.33. The van der Waals surface area contributed by atoms with Crippen LogP contribution in [0, 0.1) is 35.5 Å². The minimum absolute atomic E-state index is 0.356. The van der Waals surface area contributed by atoms with Gasteiger partial charge in [0.15, 0.2) is 0 Å². The monoisotopic (exact) mass is 490 g/mol. The van der Waals surface area contributed by atoms with Crippen molar-refractivity contribution in [1.29, 1.82) is 0 Å². The third kappa shape index (κ3) is 7.63. The summed E-state index contributed by atoms with van der Waals surface area (Å²) >= 11 is 0. The first-order valence-corrected chi connectivity index (χ1v) is 12.3. The van der Waals surface area contributed by atoms with Crippen LogP contribution in [0.2, 0.25) is 0 Å². The van der Waals surface area contributed by atoms with Crippen LogP contribution in [0.5, 0.6) is 5.75 Å². The molecule has 38 heavy (non-hydrogen) atoms. The van der Waals surface area contributed by atoms with Crippen molar-refractivity contribution in [3.05, 3.63) is 148 Å². The molecule has 0 N–H and O–H groups in total. The number of benzene rings is 4. The average molecular weight is 491 g/mol. The van der Waals surface area contributed by atoms with Crippen molar-refractivity contribution in [2.24, 2.45) is 0 Å². The molecule has 0 unspecified atom stereocenters. The number of ether oxygens (including phenoxy) is 1. The zero-order chi connectivity index (χ0) is 26.7. The van der Waals surface area contributed by atoms with E-state index in [1.165, 1.54) is 5.56 Å². The molecule has 0 aromatic heterocycles. The maximum absolute atomic E-state index is 11.6. The van der Waals surface area contributed by atoms with Crippen LogP contribution in [0.25, 0.3) is 0 Å². The zero-order valence-electron chi connectivity index (χ0n) is 21.5. The lowest BCUT2D eigenvalue weighted by molar-refractivity contribution is -0.130. The van der Waals surface area contributed by atoms with Crippen molar-refractivity contribution >= 4 is 5.97 Å². The predicted molar refractivity (Wildman–Crippen MR) is 154 cm³/mol. The van der Waals surface area contributed by atoms with Crippen molar-refractivity contribution in [3.8, 4) is 41.3 Å². The van der Waals surface area contributed by atoms with Crippen molar-refractivity contribution in [1.82, 2.24) is 0 Å². The number of aryl methyl sites for hydroxylation is 1. The van der Waals surface area contributed by atoms with Crippen LogP contribution in [0.15, 0.2) is 109 Å². The minimum atomic E-state index is -0.442. The Bertz CT molecular complexity index is 1620. The first-order chi connectivity index (χ1) is 18.5. The maximum atomic E-state index is 11.6. The summed E-state index contributed by atoms with van der Waals surface area (Å²) in [5.74, 6) is 19.1. The largest absolute Gasteiger partial charge is 0.423 e. The lowest BCUT2D eigenvalue weighted by atomic mass is 10.1. The molecule has 182 valence electrons. The van der Waals surface area contributed by atoms with E-state index in [1.807, 2.05) is 60.7 Å². The summed E-state index contributed by atoms with van der Waals surface area (Å²) in [5, 5.41) is 0. The van der Waals surface area contributed by atoms with Gasteiger partial charge in [0, 0.05) is 39.0 Å². The van der Waals surface area contributed by atoms with Gasteiger partial charge in [-0.3, -0.25) is 0 Å². The fourth-order valence-electron chi connectivity index (χ4n) is 3.33. The standard InChI is InChI=1S/C36H26O2/c1-4-28-5-7-29(8-6-28)9-10-30-11-13-31(14-12-30)15-16-32-17-19-33(20-18-32)21-22-34-23-25-35(26-24-34)38-36(37)27(2)3/h5-8,11-14,17-20,23-26H,2,4H2,1,3H3. The molecule has 0 aliphatic heterocycles. The summed E-state index contributed by atoms with van der Waals surface area (Å²) in [5.41, 5.74) is 7.21. The number of esters is 1. The molecule has 0 saturated heterocycles. The van der Waals surface area contributed by atoms with E-state index in [0.717, 1.165) is 39.8 Å². The Labute approximate surface area is 225 Å². The van der Waals surface area contributed by atoms with E-state index in [4.69, 9.17) is 4.74 Å². The fraction of sp³-hybridized carbons (Fsp3) is 0.0833. The highest BCUT2D eigenvalue weighted by Crippen LogP contribution is 2.13. The molecule has 2 heteroatoms. The molecule has 0 amide bonds. The lowest BCUT2D eigenvalue weighted by Gasteiger charge is -2.03. The van der Waals surface area contributed by atoms with Gasteiger partial charge >= 0.3 is 5.97 Å². The van der Waals surface area contributed by atoms with Crippen molar-refractivity contribution in [3.63, 3.8) is 0 Å². The molecule has 0 aliphatic rings. The van der Waals surface area contributed by atoms with Gasteiger partial charge in [0.25, 0.3) is 0 Å². The molecule has 0 saturated carbocycles. The smallest absolute Gasteiger partial charge is 0.338 e. The summed E-state index contributed by atoms with van der Waals surface area (Å²) < 4.78 is 5.20. The Hall–Kier alpha value is -5.23. The molecular formula is C36H26O2. The minimum Gasteiger partial charge on any atom is -0.423 e. The highest BCUT2D eigenvalue weighted by Gasteiger charge is 2.04. The van der Waals surface area contributed by atoms with Gasteiger partial charge in [-0.15, -0.1) is 0 Å². The second kappa shape index (κ2) is 12.6. The van der Waals surface area contributed by atoms with Crippen LogP contribution in [0.1, 0.15) is 52.8 Å². The van der Waals surface area contributed by atoms with E-state index in [0.29, 0.717) is 11.3 Å². The Morgan fingerprint density at radius 1 is 0.579 bits per heavy atom. The molecule has 4 aromatic carbocycles. The van der Waals surface area contributed by atoms with Gasteiger partial charge < -0.3 is 4.74 Å². The van der Waals surface area contributed by atoms with Gasteiger partial charge in [-0.1, -0.05) is 61.2 Å². The molecule has 4 aromatic rings. The second-order valence-electron chi connectivity index (χ2n) is 8.65. The van der Waals surface area contributed by atoms with Crippen molar-refractivity contribution in [2.75, 3.05) is 0 Å². The average Bonchev–Trinajstić information content (AvgIpc) is 2.96. The first-order valence-electron chi connectivity index (χ1n) is 12.3. The normalized spacial score (nSPS) is 9.53. The molecule has 0 aliphatic carbocycles. The van der Waals surface area contributed by atoms with Gasteiger partial charge in [-0.25, -0.2) is 4.79 Å². The molecule has 0 atom stereocenters. The number of carbonyl (C=O) groups excluding carboxylic acids is 1. The molecule has 0 spiro atoms. The first kappa shape index (κ1) is 25.9. The lowest BCUT2D eigenvalue weighted by Crippen LogP contribution is -2.07. The van der Waals surface area contributed by atoms with E-state index in [-0.39, 0.29) is 0 Å². The van der Waals surface area contributed by atoms with Crippen molar-refractivity contribution < 1.29 is 9.53 Å². The van der Waals surface area contributed by atoms with Crippen LogP contribution in [-0.4, -0.2) is 5.97 Å². The number of hydrogen-bond acceptors (Lipinski definition) is 2. The van der Waals surface area contributed by atoms with E-state index in [1.54, 1.807) is 19.1 Å². The highest BCUT2D eigenvalue weighted by molar-refractivity contribution is 5.88. The summed E-state index contributed by atoms with van der Waals surface area (Å²) in [6.07, 6.45) is 1.03. The molecule has 0 radical (unpaired) electrons. The summed E-state index contributed by atoms with van der Waals surface area (Å²) in [6, 6.07) is 31.2. The van der Waals surface area contributed by atoms with E-state index >= 15 is 0 Å². The highest BCUT2D eigenvalue weighted by atomic mass is 16.5. The third-order valence-corrected chi connectivity index (χ3v) is 5.60. The maximum Gasteiger partial charge on any atom is 0.338 e. The third-order valence-electron chi connectivity index (χ3n) is 5.60. The Balaban J connectivity index is 1.35. The van der Waals surface area contributed by atoms with Crippen LogP contribution in [-0.2, 0) is 11.2 Å². The van der Waals surface area contributed by atoms with E-state index in [9.17, 15) is 4.79 Å². The van der Waals surface area contributed by atoms with Gasteiger partial charge in [0.1, 0.15) is 5.75 Å². The number of carbonyl (C=O) groups is 1. The van der Waals surface area contributed by atoms with E-state index in [2.05, 4.69) is 73.3 Å². The zero-order valence-corrected chi connectivity index (χ0v) is 21.5.